The van der Waals surface area contributed by atoms with Gasteiger partial charge in [-0.2, -0.15) is 0 Å². The van der Waals surface area contributed by atoms with Crippen LogP contribution in [0, 0.1) is 9.49 Å². The van der Waals surface area contributed by atoms with Gasteiger partial charge in [-0.05, 0) is 46.2 Å². The molecule has 7 heteroatoms. The van der Waals surface area contributed by atoms with Gasteiger partial charge in [-0.3, -0.25) is 9.59 Å². The molecule has 0 radical (unpaired) electrons. The summed E-state index contributed by atoms with van der Waals surface area (Å²) in [4.78, 5) is 34.9. The minimum absolute atomic E-state index is 0.147. The number of benzene rings is 1. The van der Waals surface area contributed by atoms with Crippen LogP contribution in [0.15, 0.2) is 24.3 Å². The second-order valence-electron chi connectivity index (χ2n) is 5.66. The number of carboxylic acid groups (broad SMARTS) is 1. The first-order chi connectivity index (χ1) is 10.7. The summed E-state index contributed by atoms with van der Waals surface area (Å²) in [6, 6.07) is 5.63. The molecule has 0 spiro atoms. The van der Waals surface area contributed by atoms with Gasteiger partial charge in [-0.15, -0.1) is 0 Å². The Morgan fingerprint density at radius 3 is 2.35 bits per heavy atom. The van der Waals surface area contributed by atoms with Crippen LogP contribution in [0.3, 0.4) is 0 Å². The quantitative estimate of drug-likeness (QED) is 0.570. The highest BCUT2D eigenvalue weighted by Crippen LogP contribution is 2.11. The van der Waals surface area contributed by atoms with Gasteiger partial charge in [0.25, 0.3) is 0 Å². The normalized spacial score (nSPS) is 13.3. The lowest BCUT2D eigenvalue weighted by Crippen LogP contribution is -2.53. The third kappa shape index (κ3) is 6.55. The molecule has 0 heterocycles. The Kier molecular flexibility index (Phi) is 7.47. The number of amides is 2. The van der Waals surface area contributed by atoms with Crippen LogP contribution in [0.4, 0.5) is 0 Å². The highest BCUT2D eigenvalue weighted by atomic mass is 127. The molecule has 0 unspecified atom stereocenters. The van der Waals surface area contributed by atoms with Crippen molar-refractivity contribution in [3.05, 3.63) is 33.4 Å². The molecule has 1 aromatic carbocycles. The van der Waals surface area contributed by atoms with Crippen LogP contribution in [0.2, 0.25) is 0 Å². The van der Waals surface area contributed by atoms with Crippen molar-refractivity contribution < 1.29 is 19.5 Å². The maximum Gasteiger partial charge on any atom is 0.326 e. The summed E-state index contributed by atoms with van der Waals surface area (Å²) in [6.07, 6.45) is 0.183. The fraction of sp³-hybridized carbons (Fsp3) is 0.438. The van der Waals surface area contributed by atoms with E-state index in [1.165, 1.54) is 6.92 Å². The zero-order valence-electron chi connectivity index (χ0n) is 13.3. The second-order valence-corrected chi connectivity index (χ2v) is 6.90. The molecule has 3 N–H and O–H groups in total. The monoisotopic (exact) mass is 432 g/mol. The van der Waals surface area contributed by atoms with Gasteiger partial charge in [0.05, 0.1) is 0 Å². The van der Waals surface area contributed by atoms with E-state index >= 15 is 0 Å². The first-order valence-corrected chi connectivity index (χ1v) is 8.33. The molecule has 23 heavy (non-hydrogen) atoms. The largest absolute Gasteiger partial charge is 0.480 e. The molecule has 0 aliphatic rings. The number of hydrogen-bond acceptors (Lipinski definition) is 3. The molecule has 6 nitrogen and oxygen atoms in total. The minimum atomic E-state index is -1.11. The molecular formula is C16H21IN2O4. The fourth-order valence-corrected chi connectivity index (χ4v) is 2.72. The summed E-state index contributed by atoms with van der Waals surface area (Å²) in [5.74, 6) is -2.08. The van der Waals surface area contributed by atoms with Crippen molar-refractivity contribution in [1.82, 2.24) is 10.6 Å². The van der Waals surface area contributed by atoms with E-state index in [9.17, 15) is 19.5 Å². The zero-order valence-corrected chi connectivity index (χ0v) is 15.5. The molecular weight excluding hydrogens is 411 g/mol. The Morgan fingerprint density at radius 1 is 1.22 bits per heavy atom. The summed E-state index contributed by atoms with van der Waals surface area (Å²) in [5, 5.41) is 14.4. The molecule has 126 valence electrons. The van der Waals surface area contributed by atoms with Gasteiger partial charge < -0.3 is 15.7 Å². The summed E-state index contributed by atoms with van der Waals surface area (Å²) in [6.45, 7) is 4.90. The van der Waals surface area contributed by atoms with Gasteiger partial charge in [0.1, 0.15) is 12.1 Å². The Labute approximate surface area is 149 Å². The van der Waals surface area contributed by atoms with Gasteiger partial charge in [0.15, 0.2) is 0 Å². The number of carboxylic acids is 1. The van der Waals surface area contributed by atoms with Crippen LogP contribution in [-0.4, -0.2) is 35.0 Å². The summed E-state index contributed by atoms with van der Waals surface area (Å²) >= 11 is 2.15. The average molecular weight is 432 g/mol. The van der Waals surface area contributed by atoms with Crippen molar-refractivity contribution in [2.75, 3.05) is 0 Å². The topological polar surface area (TPSA) is 95.5 Å². The maximum atomic E-state index is 12.3. The molecule has 1 rings (SSSR count). The Balaban J connectivity index is 2.84. The highest BCUT2D eigenvalue weighted by Gasteiger charge is 2.28. The summed E-state index contributed by atoms with van der Waals surface area (Å²) in [5.41, 5.74) is 0.824. The van der Waals surface area contributed by atoms with Crippen LogP contribution in [0.5, 0.6) is 0 Å². The van der Waals surface area contributed by atoms with Crippen molar-refractivity contribution in [2.24, 2.45) is 5.92 Å². The number of carbonyl (C=O) groups excluding carboxylic acids is 2. The van der Waals surface area contributed by atoms with Gasteiger partial charge in [0, 0.05) is 16.9 Å². The Morgan fingerprint density at radius 2 is 1.87 bits per heavy atom. The van der Waals surface area contributed by atoms with Crippen molar-refractivity contribution in [1.29, 1.82) is 0 Å². The Hall–Kier alpha value is -1.64. The van der Waals surface area contributed by atoms with Crippen LogP contribution >= 0.6 is 22.6 Å². The van der Waals surface area contributed by atoms with Gasteiger partial charge in [-0.25, -0.2) is 4.79 Å². The lowest BCUT2D eigenvalue weighted by molar-refractivity contribution is -0.142. The van der Waals surface area contributed by atoms with Crippen molar-refractivity contribution in [3.63, 3.8) is 0 Å². The third-order valence-electron chi connectivity index (χ3n) is 3.25. The first kappa shape index (κ1) is 19.4. The van der Waals surface area contributed by atoms with E-state index in [0.717, 1.165) is 9.13 Å². The summed E-state index contributed by atoms with van der Waals surface area (Å²) < 4.78 is 0.994. The maximum absolute atomic E-state index is 12.3. The second kappa shape index (κ2) is 8.85. The molecule has 1 aromatic rings. The van der Waals surface area contributed by atoms with Gasteiger partial charge in [-0.1, -0.05) is 26.0 Å². The zero-order chi connectivity index (χ0) is 17.6. The lowest BCUT2D eigenvalue weighted by Gasteiger charge is -2.23. The number of nitrogens with one attached hydrogen (secondary N) is 2. The molecule has 2 amide bonds. The number of aliphatic carboxylic acids is 1. The molecule has 0 saturated carbocycles. The summed E-state index contributed by atoms with van der Waals surface area (Å²) in [7, 11) is 0. The van der Waals surface area contributed by atoms with E-state index in [1.54, 1.807) is 13.8 Å². The highest BCUT2D eigenvalue weighted by molar-refractivity contribution is 14.1. The van der Waals surface area contributed by atoms with Gasteiger partial charge >= 0.3 is 5.97 Å². The van der Waals surface area contributed by atoms with E-state index in [2.05, 4.69) is 33.2 Å². The van der Waals surface area contributed by atoms with E-state index in [1.807, 2.05) is 24.3 Å². The van der Waals surface area contributed by atoms with E-state index in [-0.39, 0.29) is 18.2 Å². The van der Waals surface area contributed by atoms with Crippen molar-refractivity contribution >= 4 is 40.4 Å². The number of rotatable bonds is 7. The van der Waals surface area contributed by atoms with E-state index < -0.39 is 24.0 Å². The van der Waals surface area contributed by atoms with Crippen LogP contribution < -0.4 is 10.6 Å². The minimum Gasteiger partial charge on any atom is -0.480 e. The molecule has 0 bridgehead atoms. The third-order valence-corrected chi connectivity index (χ3v) is 3.92. The predicted molar refractivity (Wildman–Crippen MR) is 94.9 cm³/mol. The molecule has 0 aliphatic carbocycles. The molecule has 0 aromatic heterocycles. The average Bonchev–Trinajstić information content (AvgIpc) is 2.43. The van der Waals surface area contributed by atoms with E-state index in [0.29, 0.717) is 0 Å². The van der Waals surface area contributed by atoms with Gasteiger partial charge in [0.2, 0.25) is 11.8 Å². The molecule has 2 atom stereocenters. The predicted octanol–water partition coefficient (Wildman–Crippen LogP) is 1.56. The number of hydrogen-bond donors (Lipinski definition) is 3. The number of halogens is 1. The van der Waals surface area contributed by atoms with Crippen LogP contribution in [0.1, 0.15) is 26.3 Å². The standard InChI is InChI=1S/C16H21IN2O4/c1-9(2)14(18-10(3)20)15(21)19-13(16(22)23)8-11-5-4-6-12(17)7-11/h4-7,9,13-14H,8H2,1-3H3,(H,18,20)(H,19,21)(H,22,23)/t13-,14+/m0/s1. The van der Waals surface area contributed by atoms with Crippen molar-refractivity contribution in [2.45, 2.75) is 39.3 Å². The Bertz CT molecular complexity index is 589. The van der Waals surface area contributed by atoms with Crippen LogP contribution in [-0.2, 0) is 20.8 Å². The number of carbonyl (C=O) groups is 3. The fourth-order valence-electron chi connectivity index (χ4n) is 2.12. The SMILES string of the molecule is CC(=O)N[C@@H](C(=O)N[C@@H](Cc1cccc(I)c1)C(=O)O)C(C)C. The molecule has 0 aliphatic heterocycles. The van der Waals surface area contributed by atoms with Crippen molar-refractivity contribution in [3.8, 4) is 0 Å². The smallest absolute Gasteiger partial charge is 0.326 e. The lowest BCUT2D eigenvalue weighted by atomic mass is 10.0. The molecule has 0 fully saturated rings. The van der Waals surface area contributed by atoms with Crippen LogP contribution in [0.25, 0.3) is 0 Å². The van der Waals surface area contributed by atoms with E-state index in [4.69, 9.17) is 0 Å². The first-order valence-electron chi connectivity index (χ1n) is 7.25. The molecule has 0 saturated heterocycles.